The van der Waals surface area contributed by atoms with Crippen LogP contribution in [0.1, 0.15) is 24.1 Å². The highest BCUT2D eigenvalue weighted by atomic mass is 19.4. The van der Waals surface area contributed by atoms with E-state index in [-0.39, 0.29) is 0 Å². The monoisotopic (exact) mass is 273 g/mol. The number of benzene rings is 1. The van der Waals surface area contributed by atoms with Gasteiger partial charge in [0.25, 0.3) is 0 Å². The Kier molecular flexibility index (Phi) is 3.32. The lowest BCUT2D eigenvalue weighted by Crippen LogP contribution is -2.11. The van der Waals surface area contributed by atoms with E-state index in [9.17, 15) is 17.6 Å². The molecule has 0 saturated heterocycles. The third-order valence-corrected chi connectivity index (χ3v) is 2.64. The van der Waals surface area contributed by atoms with E-state index in [2.05, 4.69) is 5.10 Å². The zero-order valence-electron chi connectivity index (χ0n) is 9.95. The van der Waals surface area contributed by atoms with Gasteiger partial charge in [-0.2, -0.15) is 18.3 Å². The lowest BCUT2D eigenvalue weighted by molar-refractivity contribution is -0.137. The quantitative estimate of drug-likeness (QED) is 0.855. The van der Waals surface area contributed by atoms with Crippen molar-refractivity contribution in [1.82, 2.24) is 9.78 Å². The zero-order chi connectivity index (χ0) is 14.2. The molecule has 19 heavy (non-hydrogen) atoms. The van der Waals surface area contributed by atoms with Gasteiger partial charge in [0.05, 0.1) is 17.4 Å². The van der Waals surface area contributed by atoms with E-state index in [0.29, 0.717) is 17.4 Å². The molecule has 1 aromatic carbocycles. The second-order valence-electron chi connectivity index (χ2n) is 4.16. The molecule has 0 spiro atoms. The Morgan fingerprint density at radius 3 is 2.53 bits per heavy atom. The minimum absolute atomic E-state index is 0.326. The molecule has 102 valence electrons. The van der Waals surface area contributed by atoms with Crippen LogP contribution in [0.2, 0.25) is 0 Å². The molecule has 0 aliphatic carbocycles. The molecule has 1 heterocycles. The van der Waals surface area contributed by atoms with Crippen molar-refractivity contribution in [3.63, 3.8) is 0 Å². The number of hydrogen-bond donors (Lipinski definition) is 1. The van der Waals surface area contributed by atoms with Gasteiger partial charge >= 0.3 is 6.18 Å². The summed E-state index contributed by atoms with van der Waals surface area (Å²) >= 11 is 0. The Hall–Kier alpha value is -1.89. The molecule has 7 heteroatoms. The maximum atomic E-state index is 13.2. The predicted octanol–water partition coefficient (Wildman–Crippen LogP) is 3.05. The molecule has 0 amide bonds. The van der Waals surface area contributed by atoms with Gasteiger partial charge in [-0.3, -0.25) is 0 Å². The summed E-state index contributed by atoms with van der Waals surface area (Å²) in [4.78, 5) is 0. The summed E-state index contributed by atoms with van der Waals surface area (Å²) in [5.74, 6) is -0.501. The molecule has 3 nitrogen and oxygen atoms in total. The van der Waals surface area contributed by atoms with Crippen LogP contribution >= 0.6 is 0 Å². The van der Waals surface area contributed by atoms with Gasteiger partial charge in [-0.1, -0.05) is 0 Å². The van der Waals surface area contributed by atoms with Crippen LogP contribution in [-0.4, -0.2) is 9.78 Å². The maximum Gasteiger partial charge on any atom is 0.419 e. The van der Waals surface area contributed by atoms with Crippen molar-refractivity contribution < 1.29 is 17.6 Å². The van der Waals surface area contributed by atoms with Crippen LogP contribution in [-0.2, 0) is 6.18 Å². The van der Waals surface area contributed by atoms with Gasteiger partial charge in [0.1, 0.15) is 5.82 Å². The second kappa shape index (κ2) is 4.65. The molecule has 0 aliphatic rings. The number of rotatable bonds is 2. The van der Waals surface area contributed by atoms with Crippen LogP contribution in [0.3, 0.4) is 0 Å². The summed E-state index contributed by atoms with van der Waals surface area (Å²) < 4.78 is 51.7. The molecule has 1 aromatic heterocycles. The fourth-order valence-electron chi connectivity index (χ4n) is 1.70. The highest BCUT2D eigenvalue weighted by molar-refractivity contribution is 5.43. The van der Waals surface area contributed by atoms with Crippen LogP contribution in [0.15, 0.2) is 30.6 Å². The molecule has 0 fully saturated rings. The highest BCUT2D eigenvalue weighted by Crippen LogP contribution is 2.30. The average Bonchev–Trinajstić information content (AvgIpc) is 2.77. The molecule has 1 atom stereocenters. The van der Waals surface area contributed by atoms with E-state index in [0.717, 1.165) is 16.9 Å². The van der Waals surface area contributed by atoms with Crippen LogP contribution in [0.25, 0.3) is 5.69 Å². The van der Waals surface area contributed by atoms with E-state index in [1.807, 2.05) is 0 Å². The molecule has 0 bridgehead atoms. The Bertz CT molecular complexity index is 587. The first kappa shape index (κ1) is 13.5. The van der Waals surface area contributed by atoms with Crippen molar-refractivity contribution in [2.75, 3.05) is 0 Å². The Balaban J connectivity index is 2.50. The van der Waals surface area contributed by atoms with Crippen molar-refractivity contribution in [3.05, 3.63) is 47.5 Å². The van der Waals surface area contributed by atoms with E-state index < -0.39 is 23.6 Å². The fraction of sp³-hybridized carbons (Fsp3) is 0.250. The van der Waals surface area contributed by atoms with Gasteiger partial charge in [0.15, 0.2) is 0 Å². The standard InChI is InChI=1S/C12H11F4N3/c1-7(17)10-4-9(13)2-3-11(10)19-6-8(5-18-19)12(14,15)16/h2-7H,17H2,1H3/t7-/m0/s1. The fourth-order valence-corrected chi connectivity index (χ4v) is 1.70. The number of aromatic nitrogens is 2. The van der Waals surface area contributed by atoms with E-state index in [1.54, 1.807) is 6.92 Å². The summed E-state index contributed by atoms with van der Waals surface area (Å²) in [7, 11) is 0. The number of hydrogen-bond acceptors (Lipinski definition) is 2. The SMILES string of the molecule is C[C@H](N)c1cc(F)ccc1-n1cc(C(F)(F)F)cn1. The number of nitrogens with zero attached hydrogens (tertiary/aromatic N) is 2. The molecule has 0 radical (unpaired) electrons. The summed E-state index contributed by atoms with van der Waals surface area (Å²) in [5.41, 5.74) is 5.53. The Morgan fingerprint density at radius 2 is 2.00 bits per heavy atom. The Labute approximate surface area is 106 Å². The molecule has 0 aliphatic heterocycles. The third-order valence-electron chi connectivity index (χ3n) is 2.64. The molecular weight excluding hydrogens is 262 g/mol. The molecule has 0 saturated carbocycles. The van der Waals surface area contributed by atoms with Crippen LogP contribution < -0.4 is 5.73 Å². The first-order valence-corrected chi connectivity index (χ1v) is 5.46. The second-order valence-corrected chi connectivity index (χ2v) is 4.16. The van der Waals surface area contributed by atoms with Crippen molar-refractivity contribution in [3.8, 4) is 5.69 Å². The first-order valence-electron chi connectivity index (χ1n) is 5.46. The van der Waals surface area contributed by atoms with E-state index in [4.69, 9.17) is 5.73 Å². The summed E-state index contributed by atoms with van der Waals surface area (Å²) in [6, 6.07) is 3.16. The average molecular weight is 273 g/mol. The number of nitrogens with two attached hydrogens (primary N) is 1. The summed E-state index contributed by atoms with van der Waals surface area (Å²) in [6.07, 6.45) is -2.90. The Morgan fingerprint density at radius 1 is 1.32 bits per heavy atom. The molecule has 2 N–H and O–H groups in total. The first-order chi connectivity index (χ1) is 8.79. The zero-order valence-corrected chi connectivity index (χ0v) is 9.95. The normalized spacial score (nSPS) is 13.6. The van der Waals surface area contributed by atoms with Crippen molar-refractivity contribution in [2.24, 2.45) is 5.73 Å². The van der Waals surface area contributed by atoms with Gasteiger partial charge in [-0.25, -0.2) is 9.07 Å². The maximum absolute atomic E-state index is 13.2. The van der Waals surface area contributed by atoms with Crippen molar-refractivity contribution in [1.29, 1.82) is 0 Å². The lowest BCUT2D eigenvalue weighted by Gasteiger charge is -2.12. The molecule has 2 rings (SSSR count). The van der Waals surface area contributed by atoms with Gasteiger partial charge in [0.2, 0.25) is 0 Å². The van der Waals surface area contributed by atoms with Crippen molar-refractivity contribution in [2.45, 2.75) is 19.1 Å². The minimum atomic E-state index is -4.47. The third kappa shape index (κ3) is 2.76. The van der Waals surface area contributed by atoms with Gasteiger partial charge in [-0.15, -0.1) is 0 Å². The number of halogens is 4. The highest BCUT2D eigenvalue weighted by Gasteiger charge is 2.32. The molecule has 0 unspecified atom stereocenters. The topological polar surface area (TPSA) is 43.8 Å². The summed E-state index contributed by atoms with van der Waals surface area (Å²) in [5, 5.41) is 3.64. The van der Waals surface area contributed by atoms with Crippen LogP contribution in [0.4, 0.5) is 17.6 Å². The number of alkyl halides is 3. The van der Waals surface area contributed by atoms with E-state index in [1.165, 1.54) is 12.1 Å². The lowest BCUT2D eigenvalue weighted by atomic mass is 10.1. The predicted molar refractivity (Wildman–Crippen MR) is 61.1 cm³/mol. The molecule has 2 aromatic rings. The van der Waals surface area contributed by atoms with Crippen LogP contribution in [0.5, 0.6) is 0 Å². The van der Waals surface area contributed by atoms with Gasteiger partial charge < -0.3 is 5.73 Å². The summed E-state index contributed by atoms with van der Waals surface area (Å²) in [6.45, 7) is 1.62. The smallest absolute Gasteiger partial charge is 0.324 e. The minimum Gasteiger partial charge on any atom is -0.324 e. The molecular formula is C12H11F4N3. The largest absolute Gasteiger partial charge is 0.419 e. The van der Waals surface area contributed by atoms with E-state index >= 15 is 0 Å². The van der Waals surface area contributed by atoms with Gasteiger partial charge in [-0.05, 0) is 30.7 Å². The van der Waals surface area contributed by atoms with Gasteiger partial charge in [0, 0.05) is 12.2 Å². The van der Waals surface area contributed by atoms with Crippen molar-refractivity contribution >= 4 is 0 Å². The van der Waals surface area contributed by atoms with Crippen LogP contribution in [0, 0.1) is 5.82 Å².